The van der Waals surface area contributed by atoms with E-state index >= 15 is 0 Å². The summed E-state index contributed by atoms with van der Waals surface area (Å²) < 4.78 is 18.7. The molecule has 96 valence electrons. The van der Waals surface area contributed by atoms with Crippen molar-refractivity contribution in [1.82, 2.24) is 5.43 Å². The lowest BCUT2D eigenvalue weighted by Gasteiger charge is -2.15. The molecule has 0 amide bonds. The first-order chi connectivity index (χ1) is 8.70. The van der Waals surface area contributed by atoms with E-state index in [4.69, 9.17) is 21.9 Å². The zero-order chi connectivity index (χ0) is 13.0. The summed E-state index contributed by atoms with van der Waals surface area (Å²) in [7, 11) is 0. The van der Waals surface area contributed by atoms with Crippen molar-refractivity contribution in [3.05, 3.63) is 58.8 Å². The summed E-state index contributed by atoms with van der Waals surface area (Å²) in [5, 5.41) is 0.131. The van der Waals surface area contributed by atoms with Crippen molar-refractivity contribution in [2.45, 2.75) is 18.9 Å². The lowest BCUT2D eigenvalue weighted by atomic mass is 10.0. The molecule has 0 spiro atoms. The number of rotatable bonds is 5. The van der Waals surface area contributed by atoms with Gasteiger partial charge in [0.1, 0.15) is 5.82 Å². The van der Waals surface area contributed by atoms with E-state index in [0.29, 0.717) is 18.4 Å². The molecule has 18 heavy (non-hydrogen) atoms. The molecule has 0 aliphatic heterocycles. The molecule has 3 N–H and O–H groups in total. The van der Waals surface area contributed by atoms with Crippen LogP contribution in [0.5, 0.6) is 0 Å². The van der Waals surface area contributed by atoms with Crippen LogP contribution in [0.4, 0.5) is 4.39 Å². The molecule has 5 heteroatoms. The van der Waals surface area contributed by atoms with Crippen LogP contribution in [-0.4, -0.2) is 6.04 Å². The zero-order valence-corrected chi connectivity index (χ0v) is 10.5. The van der Waals surface area contributed by atoms with Gasteiger partial charge in [-0.3, -0.25) is 11.3 Å². The van der Waals surface area contributed by atoms with Crippen molar-refractivity contribution in [3.63, 3.8) is 0 Å². The summed E-state index contributed by atoms with van der Waals surface area (Å²) >= 11 is 5.74. The van der Waals surface area contributed by atoms with Gasteiger partial charge < -0.3 is 4.42 Å². The van der Waals surface area contributed by atoms with Gasteiger partial charge in [0.25, 0.3) is 0 Å². The lowest BCUT2D eigenvalue weighted by Crippen LogP contribution is -2.38. The second kappa shape index (κ2) is 6.00. The van der Waals surface area contributed by atoms with Crippen LogP contribution >= 0.6 is 11.6 Å². The monoisotopic (exact) mass is 268 g/mol. The van der Waals surface area contributed by atoms with Crippen LogP contribution in [0.15, 0.2) is 41.2 Å². The van der Waals surface area contributed by atoms with Crippen LogP contribution in [-0.2, 0) is 12.8 Å². The molecule has 1 atom stereocenters. The molecule has 1 unspecified atom stereocenters. The number of nitrogens with two attached hydrogens (primary N) is 1. The van der Waals surface area contributed by atoms with Crippen molar-refractivity contribution < 1.29 is 8.81 Å². The van der Waals surface area contributed by atoms with Gasteiger partial charge in [0, 0.05) is 6.04 Å². The zero-order valence-electron chi connectivity index (χ0n) is 9.70. The van der Waals surface area contributed by atoms with Gasteiger partial charge in [-0.25, -0.2) is 4.39 Å². The summed E-state index contributed by atoms with van der Waals surface area (Å²) in [6.07, 6.45) is 4.38. The average molecular weight is 269 g/mol. The van der Waals surface area contributed by atoms with E-state index in [2.05, 4.69) is 5.43 Å². The van der Waals surface area contributed by atoms with Crippen LogP contribution in [0.3, 0.4) is 0 Å². The summed E-state index contributed by atoms with van der Waals surface area (Å²) in [5.41, 5.74) is 4.25. The Bertz CT molecular complexity index is 502. The molecule has 2 rings (SSSR count). The maximum Gasteiger partial charge on any atom is 0.145 e. The summed E-state index contributed by atoms with van der Waals surface area (Å²) in [5.74, 6) is 5.11. The largest absolute Gasteiger partial charge is 0.472 e. The van der Waals surface area contributed by atoms with Gasteiger partial charge in [-0.05, 0) is 36.1 Å². The molecule has 1 aromatic heterocycles. The second-order valence-corrected chi connectivity index (χ2v) is 4.52. The number of benzene rings is 1. The van der Waals surface area contributed by atoms with Gasteiger partial charge in [-0.2, -0.15) is 0 Å². The predicted octanol–water partition coefficient (Wildman–Crippen LogP) is 2.69. The molecule has 0 fully saturated rings. The number of hydrazine groups is 1. The fourth-order valence-corrected chi connectivity index (χ4v) is 2.05. The summed E-state index contributed by atoms with van der Waals surface area (Å²) in [6, 6.07) is 6.75. The van der Waals surface area contributed by atoms with Crippen molar-refractivity contribution in [2.75, 3.05) is 0 Å². The minimum Gasteiger partial charge on any atom is -0.472 e. The van der Waals surface area contributed by atoms with Gasteiger partial charge in [0.15, 0.2) is 0 Å². The third kappa shape index (κ3) is 3.10. The van der Waals surface area contributed by atoms with Gasteiger partial charge in [-0.1, -0.05) is 23.7 Å². The molecule has 0 aliphatic carbocycles. The Morgan fingerprint density at radius 3 is 2.83 bits per heavy atom. The van der Waals surface area contributed by atoms with Crippen LogP contribution < -0.4 is 11.3 Å². The van der Waals surface area contributed by atoms with Crippen molar-refractivity contribution in [3.8, 4) is 0 Å². The molecule has 3 nitrogen and oxygen atoms in total. The fourth-order valence-electron chi connectivity index (χ4n) is 1.85. The van der Waals surface area contributed by atoms with E-state index in [1.54, 1.807) is 24.7 Å². The minimum absolute atomic E-state index is 0.0735. The highest BCUT2D eigenvalue weighted by atomic mass is 35.5. The number of hydrogen-bond donors (Lipinski definition) is 2. The van der Waals surface area contributed by atoms with Crippen molar-refractivity contribution in [2.24, 2.45) is 5.84 Å². The van der Waals surface area contributed by atoms with E-state index in [0.717, 1.165) is 5.56 Å². The first-order valence-electron chi connectivity index (χ1n) is 5.61. The van der Waals surface area contributed by atoms with Gasteiger partial charge in [0.05, 0.1) is 17.5 Å². The molecule has 1 heterocycles. The van der Waals surface area contributed by atoms with Crippen LogP contribution in [0.25, 0.3) is 0 Å². The van der Waals surface area contributed by atoms with E-state index in [9.17, 15) is 4.39 Å². The van der Waals surface area contributed by atoms with Crippen molar-refractivity contribution in [1.29, 1.82) is 0 Å². The molecular formula is C13H14ClFN2O. The Balaban J connectivity index is 2.08. The molecule has 0 saturated heterocycles. The Morgan fingerprint density at radius 2 is 2.17 bits per heavy atom. The minimum atomic E-state index is -0.383. The smallest absolute Gasteiger partial charge is 0.145 e. The van der Waals surface area contributed by atoms with Crippen LogP contribution in [0.2, 0.25) is 5.02 Å². The molecule has 0 aliphatic rings. The standard InChI is InChI=1S/C13H14ClFN2O/c14-12-3-1-2-10(13(12)15)7-11(17-16)6-9-4-5-18-8-9/h1-5,8,11,17H,6-7,16H2. The predicted molar refractivity (Wildman–Crippen MR) is 68.6 cm³/mol. The quantitative estimate of drug-likeness (QED) is 0.648. The molecule has 1 aromatic carbocycles. The van der Waals surface area contributed by atoms with E-state index in [1.165, 1.54) is 6.07 Å². The SMILES string of the molecule is NNC(Cc1ccoc1)Cc1cccc(Cl)c1F. The average Bonchev–Trinajstić information content (AvgIpc) is 2.86. The topological polar surface area (TPSA) is 51.2 Å². The Morgan fingerprint density at radius 1 is 1.33 bits per heavy atom. The fraction of sp³-hybridized carbons (Fsp3) is 0.231. The highest BCUT2D eigenvalue weighted by Crippen LogP contribution is 2.19. The molecule has 2 aromatic rings. The number of nitrogens with one attached hydrogen (secondary N) is 1. The Hall–Kier alpha value is -1.36. The third-order valence-corrected chi connectivity index (χ3v) is 3.09. The number of halogens is 2. The lowest BCUT2D eigenvalue weighted by molar-refractivity contribution is 0.501. The second-order valence-electron chi connectivity index (χ2n) is 4.12. The normalized spacial score (nSPS) is 12.6. The highest BCUT2D eigenvalue weighted by Gasteiger charge is 2.13. The number of hydrogen-bond acceptors (Lipinski definition) is 3. The molecule has 0 bridgehead atoms. The van der Waals surface area contributed by atoms with Gasteiger partial charge in [-0.15, -0.1) is 0 Å². The molecule has 0 radical (unpaired) electrons. The Kier molecular flexibility index (Phi) is 4.36. The van der Waals surface area contributed by atoms with Crippen molar-refractivity contribution >= 4 is 11.6 Å². The Labute approximate surface area is 110 Å². The van der Waals surface area contributed by atoms with Gasteiger partial charge >= 0.3 is 0 Å². The maximum absolute atomic E-state index is 13.8. The number of furan rings is 1. The molecule has 0 saturated carbocycles. The first kappa shape index (κ1) is 13.1. The molecular weight excluding hydrogens is 255 g/mol. The summed E-state index contributed by atoms with van der Waals surface area (Å²) in [4.78, 5) is 0. The van der Waals surface area contributed by atoms with E-state index < -0.39 is 0 Å². The van der Waals surface area contributed by atoms with E-state index in [-0.39, 0.29) is 16.9 Å². The summed E-state index contributed by atoms with van der Waals surface area (Å²) in [6.45, 7) is 0. The van der Waals surface area contributed by atoms with Gasteiger partial charge in [0.2, 0.25) is 0 Å². The van der Waals surface area contributed by atoms with Crippen LogP contribution in [0.1, 0.15) is 11.1 Å². The first-order valence-corrected chi connectivity index (χ1v) is 5.98. The highest BCUT2D eigenvalue weighted by molar-refractivity contribution is 6.30. The van der Waals surface area contributed by atoms with Crippen LogP contribution in [0, 0.1) is 5.82 Å². The maximum atomic E-state index is 13.8. The third-order valence-electron chi connectivity index (χ3n) is 2.80. The van der Waals surface area contributed by atoms with E-state index in [1.807, 2.05) is 6.07 Å².